The molecular formula is C13H20LiO3P. The van der Waals surface area contributed by atoms with Crippen molar-refractivity contribution in [3.05, 3.63) is 23.8 Å². The molecule has 1 rings (SSSR count). The number of hydrogen-bond donors (Lipinski definition) is 0. The summed E-state index contributed by atoms with van der Waals surface area (Å²) >= 11 is 0. The summed E-state index contributed by atoms with van der Waals surface area (Å²) < 4.78 is 10.3. The fraction of sp³-hybridized carbons (Fsp3) is 0.462. The Hall–Kier alpha value is -0.483. The van der Waals surface area contributed by atoms with E-state index in [9.17, 15) is 4.79 Å². The third kappa shape index (κ3) is 3.75. The van der Waals surface area contributed by atoms with Gasteiger partial charge in [0.1, 0.15) is 11.5 Å². The van der Waals surface area contributed by atoms with Crippen LogP contribution in [0.3, 0.4) is 0 Å². The number of methoxy groups -OCH3 is 2. The van der Waals surface area contributed by atoms with E-state index in [4.69, 9.17) is 9.47 Å². The minimum atomic E-state index is -0.456. The average molecular weight is 262 g/mol. The number of rotatable bonds is 5. The summed E-state index contributed by atoms with van der Waals surface area (Å²) in [4.78, 5) is 12.3. The molecular weight excluding hydrogens is 242 g/mol. The van der Waals surface area contributed by atoms with E-state index in [0.717, 1.165) is 6.42 Å². The molecule has 0 aliphatic rings. The molecule has 0 aliphatic heterocycles. The van der Waals surface area contributed by atoms with E-state index in [-0.39, 0.29) is 24.6 Å². The van der Waals surface area contributed by atoms with Gasteiger partial charge in [-0.3, -0.25) is 4.79 Å². The van der Waals surface area contributed by atoms with Gasteiger partial charge in [-0.15, -0.1) is 9.24 Å². The molecule has 5 heteroatoms. The molecule has 0 aliphatic carbocycles. The van der Waals surface area contributed by atoms with Crippen molar-refractivity contribution in [3.63, 3.8) is 0 Å². The van der Waals surface area contributed by atoms with Crippen molar-refractivity contribution < 1.29 is 14.3 Å². The van der Waals surface area contributed by atoms with Crippen molar-refractivity contribution in [1.29, 1.82) is 0 Å². The summed E-state index contributed by atoms with van der Waals surface area (Å²) in [6.07, 6.45) is 0.756. The monoisotopic (exact) mass is 262 g/mol. The molecule has 0 bridgehead atoms. The zero-order valence-electron chi connectivity index (χ0n) is 10.7. The van der Waals surface area contributed by atoms with Crippen molar-refractivity contribution in [3.8, 4) is 11.5 Å². The van der Waals surface area contributed by atoms with Crippen LogP contribution in [0.1, 0.15) is 30.6 Å². The van der Waals surface area contributed by atoms with Crippen LogP contribution in [0.25, 0.3) is 0 Å². The average Bonchev–Trinajstić information content (AvgIpc) is 2.36. The van der Waals surface area contributed by atoms with Gasteiger partial charge in [0.25, 0.3) is 0 Å². The van der Waals surface area contributed by atoms with E-state index < -0.39 is 5.16 Å². The Morgan fingerprint density at radius 3 is 2.39 bits per heavy atom. The van der Waals surface area contributed by atoms with Crippen molar-refractivity contribution in [2.45, 2.75) is 25.4 Å². The van der Waals surface area contributed by atoms with Crippen LogP contribution in [0.2, 0.25) is 0 Å². The number of carbonyl (C=O) groups excluding carboxylic acids is 1. The van der Waals surface area contributed by atoms with Gasteiger partial charge in [0.05, 0.1) is 19.8 Å². The van der Waals surface area contributed by atoms with E-state index in [1.54, 1.807) is 32.4 Å². The SMILES string of the molecule is CCC(C)(P)C(=O)c1ccc(OC)cc1OC.[LiH]. The number of hydrogen-bond acceptors (Lipinski definition) is 3. The molecule has 0 fully saturated rings. The Morgan fingerprint density at radius 2 is 1.94 bits per heavy atom. The summed E-state index contributed by atoms with van der Waals surface area (Å²) in [7, 11) is 5.75. The van der Waals surface area contributed by atoms with E-state index in [2.05, 4.69) is 9.24 Å². The first-order valence-corrected chi connectivity index (χ1v) is 6.09. The van der Waals surface area contributed by atoms with Crippen LogP contribution >= 0.6 is 9.24 Å². The second-order valence-corrected chi connectivity index (χ2v) is 5.44. The van der Waals surface area contributed by atoms with Crippen molar-refractivity contribution in [1.82, 2.24) is 0 Å². The molecule has 0 amide bonds. The first-order valence-electron chi connectivity index (χ1n) is 5.52. The summed E-state index contributed by atoms with van der Waals surface area (Å²) in [5.74, 6) is 1.29. The van der Waals surface area contributed by atoms with Gasteiger partial charge in [-0.05, 0) is 25.5 Å². The van der Waals surface area contributed by atoms with Crippen LogP contribution in [0.5, 0.6) is 11.5 Å². The normalized spacial score (nSPS) is 13.2. The second kappa shape index (κ2) is 7.19. The Labute approximate surface area is 123 Å². The Bertz CT molecular complexity index is 419. The predicted molar refractivity (Wildman–Crippen MR) is 79.4 cm³/mol. The number of benzene rings is 1. The first-order chi connectivity index (χ1) is 7.96. The van der Waals surface area contributed by atoms with Gasteiger partial charge in [-0.1, -0.05) is 6.92 Å². The van der Waals surface area contributed by atoms with Crippen LogP contribution in [0.4, 0.5) is 0 Å². The molecule has 2 atom stereocenters. The van der Waals surface area contributed by atoms with Gasteiger partial charge in [0.2, 0.25) is 0 Å². The third-order valence-corrected chi connectivity index (χ3v) is 3.58. The van der Waals surface area contributed by atoms with E-state index in [0.29, 0.717) is 17.1 Å². The van der Waals surface area contributed by atoms with Crippen LogP contribution in [-0.2, 0) is 0 Å². The van der Waals surface area contributed by atoms with Gasteiger partial charge in [0.15, 0.2) is 5.78 Å². The molecule has 3 nitrogen and oxygen atoms in total. The van der Waals surface area contributed by atoms with E-state index >= 15 is 0 Å². The first kappa shape index (κ1) is 17.5. The Balaban J connectivity index is 0.00000289. The number of Topliss-reactive ketones (excluding diaryl/α,β-unsaturated/α-hetero) is 1. The van der Waals surface area contributed by atoms with Crippen LogP contribution in [0, 0.1) is 0 Å². The van der Waals surface area contributed by atoms with Gasteiger partial charge in [0, 0.05) is 11.2 Å². The number of carbonyl (C=O) groups is 1. The molecule has 0 spiro atoms. The molecule has 2 unspecified atom stereocenters. The maximum absolute atomic E-state index is 12.3. The van der Waals surface area contributed by atoms with Crippen LogP contribution in [0.15, 0.2) is 18.2 Å². The van der Waals surface area contributed by atoms with Crippen molar-refractivity contribution in [2.75, 3.05) is 14.2 Å². The molecule has 18 heavy (non-hydrogen) atoms. The maximum atomic E-state index is 12.3. The van der Waals surface area contributed by atoms with Crippen LogP contribution in [-0.4, -0.2) is 44.0 Å². The molecule has 0 N–H and O–H groups in total. The predicted octanol–water partition coefficient (Wildman–Crippen LogP) is 2.28. The summed E-state index contributed by atoms with van der Waals surface area (Å²) in [6, 6.07) is 5.24. The molecule has 1 aromatic rings. The molecule has 0 aromatic heterocycles. The molecule has 0 saturated carbocycles. The standard InChI is InChI=1S/C13H19O3P.Li.H/c1-5-13(2,17)12(14)10-7-6-9(15-3)8-11(10)16-4;;/h6-8H,5,17H2,1-4H3;;. The fourth-order valence-corrected chi connectivity index (χ4v) is 1.61. The molecule has 0 saturated heterocycles. The quantitative estimate of drug-likeness (QED) is 0.464. The second-order valence-electron chi connectivity index (χ2n) is 4.17. The van der Waals surface area contributed by atoms with E-state index in [1.165, 1.54) is 0 Å². The summed E-state index contributed by atoms with van der Waals surface area (Å²) in [5, 5.41) is -0.456. The van der Waals surface area contributed by atoms with E-state index in [1.807, 2.05) is 13.8 Å². The fourth-order valence-electron chi connectivity index (χ4n) is 1.45. The zero-order chi connectivity index (χ0) is 13.1. The van der Waals surface area contributed by atoms with Gasteiger partial charge >= 0.3 is 18.9 Å². The van der Waals surface area contributed by atoms with Gasteiger partial charge in [-0.2, -0.15) is 0 Å². The van der Waals surface area contributed by atoms with Crippen LogP contribution < -0.4 is 9.47 Å². The summed E-state index contributed by atoms with van der Waals surface area (Å²) in [6.45, 7) is 3.89. The van der Waals surface area contributed by atoms with Crippen molar-refractivity contribution in [2.24, 2.45) is 0 Å². The zero-order valence-corrected chi connectivity index (χ0v) is 11.9. The Kier molecular flexibility index (Phi) is 7.00. The Morgan fingerprint density at radius 1 is 1.33 bits per heavy atom. The molecule has 96 valence electrons. The van der Waals surface area contributed by atoms with Gasteiger partial charge < -0.3 is 9.47 Å². The molecule has 0 radical (unpaired) electrons. The van der Waals surface area contributed by atoms with Crippen molar-refractivity contribution >= 4 is 33.9 Å². The number of ketones is 1. The molecule has 1 aromatic carbocycles. The minimum absolute atomic E-state index is 0. The topological polar surface area (TPSA) is 35.5 Å². The van der Waals surface area contributed by atoms with Gasteiger partial charge in [-0.25, -0.2) is 0 Å². The molecule has 0 heterocycles. The summed E-state index contributed by atoms with van der Waals surface area (Å²) in [5.41, 5.74) is 0.590. The third-order valence-electron chi connectivity index (χ3n) is 2.91. The number of ether oxygens (including phenoxy) is 2.